The van der Waals surface area contributed by atoms with Gasteiger partial charge in [0, 0.05) is 44.7 Å². The minimum Gasteiger partial charge on any atom is -0.379 e. The molecule has 0 radical (unpaired) electrons. The Morgan fingerprint density at radius 1 is 1.30 bits per heavy atom. The van der Waals surface area contributed by atoms with E-state index >= 15 is 0 Å². The zero-order valence-corrected chi connectivity index (χ0v) is 13.5. The van der Waals surface area contributed by atoms with Gasteiger partial charge < -0.3 is 9.64 Å². The molecule has 1 aromatic rings. The van der Waals surface area contributed by atoms with Crippen molar-refractivity contribution in [2.75, 3.05) is 44.3 Å². The van der Waals surface area contributed by atoms with Crippen molar-refractivity contribution in [1.82, 2.24) is 14.9 Å². The minimum absolute atomic E-state index is 0.637. The van der Waals surface area contributed by atoms with Gasteiger partial charge in [0.15, 0.2) is 0 Å². The Bertz CT molecular complexity index is 464. The second kappa shape index (κ2) is 6.37. The van der Waals surface area contributed by atoms with Crippen molar-refractivity contribution >= 4 is 21.7 Å². The molecule has 0 amide bonds. The molecule has 1 atom stereocenters. The highest BCUT2D eigenvalue weighted by Crippen LogP contribution is 2.24. The van der Waals surface area contributed by atoms with Crippen LogP contribution in [0.5, 0.6) is 0 Å². The first-order valence-electron chi connectivity index (χ1n) is 7.36. The van der Waals surface area contributed by atoms with Gasteiger partial charge in [-0.1, -0.05) is 6.92 Å². The van der Waals surface area contributed by atoms with E-state index in [4.69, 9.17) is 4.74 Å². The molecule has 2 aliphatic rings. The van der Waals surface area contributed by atoms with Gasteiger partial charge in [-0.25, -0.2) is 9.97 Å². The summed E-state index contributed by atoms with van der Waals surface area (Å²) in [6, 6.07) is 2.67. The molecule has 5 nitrogen and oxygen atoms in total. The first-order valence-corrected chi connectivity index (χ1v) is 8.15. The van der Waals surface area contributed by atoms with E-state index < -0.39 is 0 Å². The molecule has 0 aliphatic carbocycles. The number of hydrogen-bond donors (Lipinski definition) is 0. The van der Waals surface area contributed by atoms with E-state index in [0.717, 1.165) is 62.1 Å². The highest BCUT2D eigenvalue weighted by atomic mass is 79.9. The van der Waals surface area contributed by atoms with Crippen molar-refractivity contribution in [2.45, 2.75) is 25.8 Å². The van der Waals surface area contributed by atoms with Gasteiger partial charge in [0.2, 0.25) is 0 Å². The lowest BCUT2D eigenvalue weighted by atomic mass is 10.2. The third-order valence-corrected chi connectivity index (χ3v) is 4.50. The van der Waals surface area contributed by atoms with Gasteiger partial charge >= 0.3 is 0 Å². The monoisotopic (exact) mass is 340 g/mol. The van der Waals surface area contributed by atoms with Gasteiger partial charge in [-0.05, 0) is 22.4 Å². The predicted octanol–water partition coefficient (Wildman–Crippen LogP) is 1.71. The third kappa shape index (κ3) is 3.13. The zero-order valence-electron chi connectivity index (χ0n) is 11.9. The van der Waals surface area contributed by atoms with Crippen molar-refractivity contribution in [2.24, 2.45) is 0 Å². The number of anilines is 1. The van der Waals surface area contributed by atoms with Crippen LogP contribution in [0.4, 0.5) is 5.82 Å². The van der Waals surface area contributed by atoms with E-state index in [-0.39, 0.29) is 0 Å². The molecule has 0 N–H and O–H groups in total. The molecule has 6 heteroatoms. The molecule has 0 aromatic carbocycles. The number of nitrogens with zero attached hydrogens (tertiary/aromatic N) is 4. The Balaban J connectivity index is 1.68. The van der Waals surface area contributed by atoms with E-state index in [2.05, 4.69) is 42.6 Å². The van der Waals surface area contributed by atoms with Gasteiger partial charge in [0.05, 0.1) is 13.2 Å². The number of ether oxygens (including phenoxy) is 1. The predicted molar refractivity (Wildman–Crippen MR) is 82.1 cm³/mol. The molecule has 2 fully saturated rings. The first kappa shape index (κ1) is 14.2. The van der Waals surface area contributed by atoms with Crippen LogP contribution < -0.4 is 4.90 Å². The van der Waals surface area contributed by atoms with Crippen LogP contribution in [-0.2, 0) is 11.2 Å². The van der Waals surface area contributed by atoms with Crippen LogP contribution in [0, 0.1) is 0 Å². The highest BCUT2D eigenvalue weighted by molar-refractivity contribution is 9.10. The van der Waals surface area contributed by atoms with Crippen LogP contribution in [0.3, 0.4) is 0 Å². The Labute approximate surface area is 128 Å². The summed E-state index contributed by atoms with van der Waals surface area (Å²) >= 11 is 3.49. The number of hydrogen-bond acceptors (Lipinski definition) is 5. The summed E-state index contributed by atoms with van der Waals surface area (Å²) in [5.41, 5.74) is 0. The van der Waals surface area contributed by atoms with E-state index in [1.165, 1.54) is 6.42 Å². The molecule has 2 saturated heterocycles. The van der Waals surface area contributed by atoms with E-state index in [1.807, 2.05) is 6.07 Å². The number of halogens is 1. The maximum Gasteiger partial charge on any atom is 0.133 e. The standard InChI is InChI=1S/C14H21BrN4O/c1-2-13-16-12(15)9-14(17-13)19-4-3-11(10-19)18-5-7-20-8-6-18/h9,11H,2-8,10H2,1H3. The van der Waals surface area contributed by atoms with Gasteiger partial charge in [0.1, 0.15) is 16.2 Å². The second-order valence-electron chi connectivity index (χ2n) is 5.36. The summed E-state index contributed by atoms with van der Waals surface area (Å²) in [6.07, 6.45) is 2.08. The van der Waals surface area contributed by atoms with Gasteiger partial charge in [0.25, 0.3) is 0 Å². The molecule has 3 rings (SSSR count). The fraction of sp³-hybridized carbons (Fsp3) is 0.714. The molecular weight excluding hydrogens is 320 g/mol. The molecule has 3 heterocycles. The van der Waals surface area contributed by atoms with E-state index in [1.54, 1.807) is 0 Å². The number of rotatable bonds is 3. The SMILES string of the molecule is CCc1nc(Br)cc(N2CCC(N3CCOCC3)C2)n1. The number of aryl methyl sites for hydroxylation is 1. The molecule has 0 spiro atoms. The lowest BCUT2D eigenvalue weighted by Crippen LogP contribution is -2.44. The van der Waals surface area contributed by atoms with Crippen LogP contribution in [0.15, 0.2) is 10.7 Å². The molecule has 0 saturated carbocycles. The van der Waals surface area contributed by atoms with Crippen LogP contribution in [0.25, 0.3) is 0 Å². The molecule has 2 aliphatic heterocycles. The second-order valence-corrected chi connectivity index (χ2v) is 6.17. The van der Waals surface area contributed by atoms with Crippen molar-refractivity contribution in [1.29, 1.82) is 0 Å². The molecule has 0 bridgehead atoms. The van der Waals surface area contributed by atoms with Gasteiger partial charge in [-0.2, -0.15) is 0 Å². The van der Waals surface area contributed by atoms with Crippen molar-refractivity contribution in [3.05, 3.63) is 16.5 Å². The molecule has 1 aromatic heterocycles. The van der Waals surface area contributed by atoms with Gasteiger partial charge in [-0.3, -0.25) is 4.90 Å². The minimum atomic E-state index is 0.637. The number of aromatic nitrogens is 2. The summed E-state index contributed by atoms with van der Waals surface area (Å²) in [5.74, 6) is 1.96. The fourth-order valence-corrected chi connectivity index (χ4v) is 3.37. The number of morpholine rings is 1. The Kier molecular flexibility index (Phi) is 4.53. The van der Waals surface area contributed by atoms with Crippen LogP contribution in [0.1, 0.15) is 19.2 Å². The van der Waals surface area contributed by atoms with Crippen molar-refractivity contribution < 1.29 is 4.74 Å². The topological polar surface area (TPSA) is 41.5 Å². The zero-order chi connectivity index (χ0) is 13.9. The van der Waals surface area contributed by atoms with E-state index in [0.29, 0.717) is 6.04 Å². The summed E-state index contributed by atoms with van der Waals surface area (Å²) in [6.45, 7) is 8.09. The maximum absolute atomic E-state index is 5.43. The fourth-order valence-electron chi connectivity index (χ4n) is 2.96. The van der Waals surface area contributed by atoms with Crippen molar-refractivity contribution in [3.8, 4) is 0 Å². The van der Waals surface area contributed by atoms with Crippen LogP contribution >= 0.6 is 15.9 Å². The van der Waals surface area contributed by atoms with Crippen LogP contribution in [0.2, 0.25) is 0 Å². The molecule has 1 unspecified atom stereocenters. The van der Waals surface area contributed by atoms with E-state index in [9.17, 15) is 0 Å². The summed E-state index contributed by atoms with van der Waals surface area (Å²) < 4.78 is 6.32. The average Bonchev–Trinajstić information content (AvgIpc) is 2.97. The smallest absolute Gasteiger partial charge is 0.133 e. The Morgan fingerprint density at radius 2 is 2.10 bits per heavy atom. The highest BCUT2D eigenvalue weighted by Gasteiger charge is 2.29. The lowest BCUT2D eigenvalue weighted by molar-refractivity contribution is 0.0209. The van der Waals surface area contributed by atoms with Crippen LogP contribution in [-0.4, -0.2) is 60.3 Å². The van der Waals surface area contributed by atoms with Crippen molar-refractivity contribution in [3.63, 3.8) is 0 Å². The molecular formula is C14H21BrN4O. The molecule has 110 valence electrons. The van der Waals surface area contributed by atoms with Gasteiger partial charge in [-0.15, -0.1) is 0 Å². The lowest BCUT2D eigenvalue weighted by Gasteiger charge is -2.32. The summed E-state index contributed by atoms with van der Waals surface area (Å²) in [7, 11) is 0. The first-order chi connectivity index (χ1) is 9.76. The normalized spacial score (nSPS) is 24.3. The summed E-state index contributed by atoms with van der Waals surface area (Å²) in [4.78, 5) is 14.0. The third-order valence-electron chi connectivity index (χ3n) is 4.09. The quantitative estimate of drug-likeness (QED) is 0.783. The Morgan fingerprint density at radius 3 is 2.85 bits per heavy atom. The molecule has 20 heavy (non-hydrogen) atoms. The average molecular weight is 341 g/mol. The largest absolute Gasteiger partial charge is 0.379 e. The summed E-state index contributed by atoms with van der Waals surface area (Å²) in [5, 5.41) is 0. The maximum atomic E-state index is 5.43. The Hall–Kier alpha value is -0.720.